The van der Waals surface area contributed by atoms with Crippen molar-refractivity contribution in [1.82, 2.24) is 0 Å². The molecule has 0 nitrogen and oxygen atoms in total. The molecule has 0 aliphatic rings. The summed E-state index contributed by atoms with van der Waals surface area (Å²) in [7, 11) is 0. The zero-order valence-corrected chi connectivity index (χ0v) is 8.11. The molecule has 1 aromatic rings. The molecule has 2 heteroatoms. The maximum atomic E-state index is 12.7. The molecule has 0 amide bonds. The summed E-state index contributed by atoms with van der Waals surface area (Å²) in [6.07, 6.45) is 2.87. The molecule has 0 spiro atoms. The third-order valence-corrected chi connectivity index (χ3v) is 1.75. The van der Waals surface area contributed by atoms with Crippen molar-refractivity contribution in [3.8, 4) is 11.8 Å². The summed E-state index contributed by atoms with van der Waals surface area (Å²) < 4.78 is 25.4. The third-order valence-electron chi connectivity index (χ3n) is 1.75. The van der Waals surface area contributed by atoms with Gasteiger partial charge in [0, 0.05) is 18.1 Å². The van der Waals surface area contributed by atoms with Crippen molar-refractivity contribution in [3.05, 3.63) is 35.4 Å². The smallest absolute Gasteiger partial charge is 0.127 e. The van der Waals surface area contributed by atoms with Crippen molar-refractivity contribution >= 4 is 0 Å². The third kappa shape index (κ3) is 3.57. The van der Waals surface area contributed by atoms with Gasteiger partial charge in [0.1, 0.15) is 11.6 Å². The normalized spacial score (nSPS) is 9.36. The number of halogens is 2. The molecule has 0 atom stereocenters. The van der Waals surface area contributed by atoms with E-state index in [0.29, 0.717) is 5.56 Å². The first-order chi connectivity index (χ1) is 6.72. The molecule has 0 bridgehead atoms. The van der Waals surface area contributed by atoms with E-state index in [1.54, 1.807) is 0 Å². The van der Waals surface area contributed by atoms with Crippen LogP contribution in [0.4, 0.5) is 8.78 Å². The van der Waals surface area contributed by atoms with Crippen molar-refractivity contribution in [3.63, 3.8) is 0 Å². The van der Waals surface area contributed by atoms with Crippen LogP contribution in [-0.2, 0) is 0 Å². The van der Waals surface area contributed by atoms with Crippen LogP contribution in [0.25, 0.3) is 0 Å². The largest absolute Gasteiger partial charge is 0.207 e. The maximum Gasteiger partial charge on any atom is 0.127 e. The van der Waals surface area contributed by atoms with Crippen LogP contribution in [0.15, 0.2) is 18.2 Å². The molecule has 0 heterocycles. The number of unbranched alkanes of at least 4 members (excludes halogenated alkanes) is 2. The lowest BCUT2D eigenvalue weighted by molar-refractivity contribution is 0.582. The van der Waals surface area contributed by atoms with Gasteiger partial charge in [-0.1, -0.05) is 25.2 Å². The Morgan fingerprint density at radius 3 is 2.36 bits per heavy atom. The van der Waals surface area contributed by atoms with Gasteiger partial charge in [-0.05, 0) is 18.6 Å². The predicted molar refractivity (Wildman–Crippen MR) is 52.8 cm³/mol. The topological polar surface area (TPSA) is 0 Å². The van der Waals surface area contributed by atoms with E-state index < -0.39 is 11.6 Å². The summed E-state index contributed by atoms with van der Waals surface area (Å²) in [4.78, 5) is 0. The number of benzene rings is 1. The Hall–Kier alpha value is -1.36. The van der Waals surface area contributed by atoms with E-state index in [4.69, 9.17) is 0 Å². The van der Waals surface area contributed by atoms with Crippen LogP contribution >= 0.6 is 0 Å². The lowest BCUT2D eigenvalue weighted by atomic mass is 10.2. The molecule has 0 saturated carbocycles. The standard InChI is InChI=1S/C12H12F2/c1-2-3-4-5-6-10-7-11(13)9-12(14)8-10/h7-9H,2-4H2,1H3. The molecule has 74 valence electrons. The summed E-state index contributed by atoms with van der Waals surface area (Å²) in [5, 5.41) is 0. The molecule has 0 N–H and O–H groups in total. The molecule has 0 aliphatic carbocycles. The van der Waals surface area contributed by atoms with Crippen LogP contribution in [0.1, 0.15) is 31.7 Å². The fraction of sp³-hybridized carbons (Fsp3) is 0.333. The van der Waals surface area contributed by atoms with Gasteiger partial charge in [0.25, 0.3) is 0 Å². The van der Waals surface area contributed by atoms with E-state index in [-0.39, 0.29) is 0 Å². The molecular formula is C12H12F2. The van der Waals surface area contributed by atoms with Gasteiger partial charge in [-0.25, -0.2) is 8.78 Å². The lowest BCUT2D eigenvalue weighted by Crippen LogP contribution is -1.82. The van der Waals surface area contributed by atoms with E-state index in [2.05, 4.69) is 18.8 Å². The Morgan fingerprint density at radius 2 is 1.79 bits per heavy atom. The van der Waals surface area contributed by atoms with E-state index >= 15 is 0 Å². The highest BCUT2D eigenvalue weighted by Crippen LogP contribution is 2.06. The molecule has 14 heavy (non-hydrogen) atoms. The molecule has 0 aromatic heterocycles. The molecule has 0 unspecified atom stereocenters. The average molecular weight is 194 g/mol. The Balaban J connectivity index is 2.69. The van der Waals surface area contributed by atoms with Crippen molar-refractivity contribution in [1.29, 1.82) is 0 Å². The second-order valence-corrected chi connectivity index (χ2v) is 3.06. The van der Waals surface area contributed by atoms with Gasteiger partial charge < -0.3 is 0 Å². The van der Waals surface area contributed by atoms with Gasteiger partial charge in [-0.3, -0.25) is 0 Å². The fourth-order valence-electron chi connectivity index (χ4n) is 1.06. The molecule has 0 fully saturated rings. The first kappa shape index (κ1) is 10.7. The Bertz CT molecular complexity index is 338. The Morgan fingerprint density at radius 1 is 1.14 bits per heavy atom. The number of hydrogen-bond donors (Lipinski definition) is 0. The van der Waals surface area contributed by atoms with Gasteiger partial charge >= 0.3 is 0 Å². The average Bonchev–Trinajstić information content (AvgIpc) is 2.11. The summed E-state index contributed by atoms with van der Waals surface area (Å²) in [5.41, 5.74) is 0.401. The van der Waals surface area contributed by atoms with Gasteiger partial charge in [0.05, 0.1) is 0 Å². The van der Waals surface area contributed by atoms with Crippen LogP contribution in [0.5, 0.6) is 0 Å². The molecular weight excluding hydrogens is 182 g/mol. The van der Waals surface area contributed by atoms with E-state index in [1.807, 2.05) is 0 Å². The molecule has 0 radical (unpaired) electrons. The van der Waals surface area contributed by atoms with Crippen molar-refractivity contribution in [2.75, 3.05) is 0 Å². The molecule has 0 aliphatic heterocycles. The van der Waals surface area contributed by atoms with Crippen molar-refractivity contribution in [2.24, 2.45) is 0 Å². The minimum atomic E-state index is -0.579. The predicted octanol–water partition coefficient (Wildman–Crippen LogP) is 3.51. The fourth-order valence-corrected chi connectivity index (χ4v) is 1.06. The quantitative estimate of drug-likeness (QED) is 0.499. The van der Waals surface area contributed by atoms with Crippen LogP contribution < -0.4 is 0 Å². The Kier molecular flexibility index (Phi) is 4.12. The van der Waals surface area contributed by atoms with Crippen LogP contribution in [0.3, 0.4) is 0 Å². The van der Waals surface area contributed by atoms with Gasteiger partial charge in [0.2, 0.25) is 0 Å². The highest BCUT2D eigenvalue weighted by Gasteiger charge is 1.96. The van der Waals surface area contributed by atoms with E-state index in [1.165, 1.54) is 12.1 Å². The monoisotopic (exact) mass is 194 g/mol. The highest BCUT2D eigenvalue weighted by molar-refractivity contribution is 5.34. The first-order valence-electron chi connectivity index (χ1n) is 4.67. The minimum Gasteiger partial charge on any atom is -0.207 e. The summed E-state index contributed by atoms with van der Waals surface area (Å²) in [5.74, 6) is 4.45. The molecule has 1 rings (SSSR count). The summed E-state index contributed by atoms with van der Waals surface area (Å²) >= 11 is 0. The van der Waals surface area contributed by atoms with Gasteiger partial charge in [0.15, 0.2) is 0 Å². The van der Waals surface area contributed by atoms with Crippen LogP contribution in [-0.4, -0.2) is 0 Å². The second kappa shape index (κ2) is 5.39. The first-order valence-corrected chi connectivity index (χ1v) is 4.67. The highest BCUT2D eigenvalue weighted by atomic mass is 19.1. The lowest BCUT2D eigenvalue weighted by Gasteiger charge is -1.92. The summed E-state index contributed by atoms with van der Waals surface area (Å²) in [6.45, 7) is 2.07. The van der Waals surface area contributed by atoms with E-state index in [0.717, 1.165) is 25.3 Å². The number of rotatable bonds is 2. The van der Waals surface area contributed by atoms with E-state index in [9.17, 15) is 8.78 Å². The van der Waals surface area contributed by atoms with Gasteiger partial charge in [-0.15, -0.1) is 0 Å². The zero-order valence-electron chi connectivity index (χ0n) is 8.11. The molecule has 0 saturated heterocycles. The van der Waals surface area contributed by atoms with Crippen molar-refractivity contribution in [2.45, 2.75) is 26.2 Å². The van der Waals surface area contributed by atoms with Crippen LogP contribution in [0.2, 0.25) is 0 Å². The SMILES string of the molecule is CCCCC#Cc1cc(F)cc(F)c1. The van der Waals surface area contributed by atoms with Gasteiger partial charge in [-0.2, -0.15) is 0 Å². The summed E-state index contributed by atoms with van der Waals surface area (Å²) in [6, 6.07) is 3.32. The molecule has 1 aromatic carbocycles. The zero-order chi connectivity index (χ0) is 10.4. The van der Waals surface area contributed by atoms with Crippen molar-refractivity contribution < 1.29 is 8.78 Å². The Labute approximate surface area is 83.0 Å². The van der Waals surface area contributed by atoms with Crippen LogP contribution in [0, 0.1) is 23.5 Å². The number of hydrogen-bond acceptors (Lipinski definition) is 0. The minimum absolute atomic E-state index is 0.401. The maximum absolute atomic E-state index is 12.7. The second-order valence-electron chi connectivity index (χ2n) is 3.06.